The van der Waals surface area contributed by atoms with Crippen LogP contribution >= 0.6 is 27.5 Å². The summed E-state index contributed by atoms with van der Waals surface area (Å²) in [5.41, 5.74) is 2.29. The molecule has 0 saturated heterocycles. The van der Waals surface area contributed by atoms with E-state index in [4.69, 9.17) is 16.3 Å². The number of aromatic nitrogens is 1. The van der Waals surface area contributed by atoms with E-state index in [0.29, 0.717) is 16.8 Å². The maximum atomic E-state index is 6.13. The predicted octanol–water partition coefficient (Wildman–Crippen LogP) is 5.72. The molecule has 0 unspecified atom stereocenters. The zero-order valence-electron chi connectivity index (χ0n) is 11.1. The molecule has 2 aromatic rings. The van der Waals surface area contributed by atoms with Gasteiger partial charge >= 0.3 is 0 Å². The fourth-order valence-electron chi connectivity index (χ4n) is 1.79. The van der Waals surface area contributed by atoms with Crippen molar-refractivity contribution in [2.24, 2.45) is 0 Å². The van der Waals surface area contributed by atoms with E-state index in [1.54, 1.807) is 12.3 Å². The Balaban J connectivity index is 2.39. The van der Waals surface area contributed by atoms with E-state index < -0.39 is 0 Å². The first-order valence-electron chi connectivity index (χ1n) is 6.07. The third kappa shape index (κ3) is 3.48. The second-order valence-electron chi connectivity index (χ2n) is 4.74. The molecule has 1 aromatic carbocycles. The number of ether oxygens (including phenoxy) is 1. The molecule has 0 aliphatic rings. The van der Waals surface area contributed by atoms with Crippen LogP contribution in [0.25, 0.3) is 0 Å². The van der Waals surface area contributed by atoms with Crippen molar-refractivity contribution >= 4 is 27.5 Å². The van der Waals surface area contributed by atoms with Gasteiger partial charge in [0.05, 0.1) is 0 Å². The molecule has 0 spiro atoms. The highest BCUT2D eigenvalue weighted by molar-refractivity contribution is 9.10. The minimum absolute atomic E-state index is 0.379. The average molecular weight is 341 g/mol. The van der Waals surface area contributed by atoms with Gasteiger partial charge in [-0.15, -0.1) is 0 Å². The van der Waals surface area contributed by atoms with E-state index in [1.165, 1.54) is 0 Å². The van der Waals surface area contributed by atoms with Gasteiger partial charge in [0.2, 0.25) is 5.88 Å². The second-order valence-corrected chi connectivity index (χ2v) is 6.06. The molecule has 0 radical (unpaired) electrons. The van der Waals surface area contributed by atoms with Gasteiger partial charge in [0.1, 0.15) is 10.8 Å². The van der Waals surface area contributed by atoms with E-state index >= 15 is 0 Å². The Kier molecular flexibility index (Phi) is 4.48. The summed E-state index contributed by atoms with van der Waals surface area (Å²) in [4.78, 5) is 4.20. The molecule has 0 saturated carbocycles. The first-order valence-corrected chi connectivity index (χ1v) is 7.24. The summed E-state index contributed by atoms with van der Waals surface area (Å²) in [5, 5.41) is 0.491. The minimum Gasteiger partial charge on any atom is -0.437 e. The van der Waals surface area contributed by atoms with E-state index in [2.05, 4.69) is 46.9 Å². The third-order valence-electron chi connectivity index (χ3n) is 2.77. The highest BCUT2D eigenvalue weighted by atomic mass is 79.9. The molecule has 1 aromatic heterocycles. The summed E-state index contributed by atoms with van der Waals surface area (Å²) >= 11 is 9.46. The van der Waals surface area contributed by atoms with Gasteiger partial charge in [0, 0.05) is 10.7 Å². The van der Waals surface area contributed by atoms with Gasteiger partial charge in [0.25, 0.3) is 0 Å². The predicted molar refractivity (Wildman–Crippen MR) is 82.3 cm³/mol. The Labute approximate surface area is 126 Å². The topological polar surface area (TPSA) is 22.1 Å². The van der Waals surface area contributed by atoms with Crippen LogP contribution in [0.15, 0.2) is 34.9 Å². The van der Waals surface area contributed by atoms with Crippen LogP contribution in [0.1, 0.15) is 30.9 Å². The highest BCUT2D eigenvalue weighted by Crippen LogP contribution is 2.34. The quantitative estimate of drug-likeness (QED) is 0.712. The Morgan fingerprint density at radius 2 is 2.00 bits per heavy atom. The van der Waals surface area contributed by atoms with Crippen LogP contribution in [0.2, 0.25) is 5.02 Å². The van der Waals surface area contributed by atoms with Gasteiger partial charge in [-0.2, -0.15) is 0 Å². The zero-order valence-corrected chi connectivity index (χ0v) is 13.4. The summed E-state index contributed by atoms with van der Waals surface area (Å²) in [6, 6.07) is 7.95. The molecule has 19 heavy (non-hydrogen) atoms. The normalized spacial score (nSPS) is 10.8. The molecule has 2 nitrogen and oxygen atoms in total. The second kappa shape index (κ2) is 5.93. The lowest BCUT2D eigenvalue weighted by Crippen LogP contribution is -1.96. The van der Waals surface area contributed by atoms with Gasteiger partial charge in [-0.1, -0.05) is 37.6 Å². The number of nitrogens with zero attached hydrogens (tertiary/aromatic N) is 1. The van der Waals surface area contributed by atoms with Crippen LogP contribution in [0, 0.1) is 6.92 Å². The average Bonchev–Trinajstić information content (AvgIpc) is 2.32. The van der Waals surface area contributed by atoms with Crippen molar-refractivity contribution < 1.29 is 4.74 Å². The molecule has 0 fully saturated rings. The van der Waals surface area contributed by atoms with Crippen molar-refractivity contribution in [3.05, 3.63) is 51.1 Å². The number of aryl methyl sites for hydroxylation is 1. The van der Waals surface area contributed by atoms with Crippen LogP contribution in [0.4, 0.5) is 0 Å². The smallest absolute Gasteiger partial charge is 0.238 e. The minimum atomic E-state index is 0.379. The van der Waals surface area contributed by atoms with Crippen LogP contribution in [0.5, 0.6) is 11.6 Å². The molecule has 0 atom stereocenters. The number of halogens is 2. The SMILES string of the molecule is Cc1ccc(C(C)C)c(Oc2ncc(Br)cc2Cl)c1. The highest BCUT2D eigenvalue weighted by Gasteiger charge is 2.12. The fraction of sp³-hybridized carbons (Fsp3) is 0.267. The molecule has 2 rings (SSSR count). The Bertz CT molecular complexity index is 599. The lowest BCUT2D eigenvalue weighted by molar-refractivity contribution is 0.454. The van der Waals surface area contributed by atoms with Crippen molar-refractivity contribution in [2.75, 3.05) is 0 Å². The molecule has 1 heterocycles. The van der Waals surface area contributed by atoms with Crippen molar-refractivity contribution in [3.8, 4) is 11.6 Å². The van der Waals surface area contributed by atoms with Crippen molar-refractivity contribution in [3.63, 3.8) is 0 Å². The van der Waals surface area contributed by atoms with Crippen LogP contribution in [0.3, 0.4) is 0 Å². The first-order chi connectivity index (χ1) is 8.97. The molecule has 0 aliphatic carbocycles. The van der Waals surface area contributed by atoms with Crippen molar-refractivity contribution in [2.45, 2.75) is 26.7 Å². The number of benzene rings is 1. The molecule has 0 aliphatic heterocycles. The number of hydrogen-bond donors (Lipinski definition) is 0. The van der Waals surface area contributed by atoms with Gasteiger partial charge in [0.15, 0.2) is 0 Å². The van der Waals surface area contributed by atoms with Gasteiger partial charge in [-0.05, 0) is 52.0 Å². The summed E-state index contributed by atoms with van der Waals surface area (Å²) in [7, 11) is 0. The summed E-state index contributed by atoms with van der Waals surface area (Å²) in [5.74, 6) is 1.62. The van der Waals surface area contributed by atoms with Gasteiger partial charge in [-0.25, -0.2) is 4.98 Å². The third-order valence-corrected chi connectivity index (χ3v) is 3.48. The van der Waals surface area contributed by atoms with E-state index in [1.807, 2.05) is 13.0 Å². The monoisotopic (exact) mass is 339 g/mol. The Morgan fingerprint density at radius 1 is 1.26 bits per heavy atom. The van der Waals surface area contributed by atoms with Crippen molar-refractivity contribution in [1.82, 2.24) is 4.98 Å². The Morgan fingerprint density at radius 3 is 2.63 bits per heavy atom. The van der Waals surface area contributed by atoms with Gasteiger partial charge < -0.3 is 4.74 Å². The number of rotatable bonds is 3. The van der Waals surface area contributed by atoms with Crippen LogP contribution in [-0.2, 0) is 0 Å². The maximum Gasteiger partial charge on any atom is 0.238 e. The largest absolute Gasteiger partial charge is 0.437 e. The number of hydrogen-bond acceptors (Lipinski definition) is 2. The lowest BCUT2D eigenvalue weighted by Gasteiger charge is -2.14. The summed E-state index contributed by atoms with van der Waals surface area (Å²) < 4.78 is 6.71. The van der Waals surface area contributed by atoms with Crippen LogP contribution < -0.4 is 4.74 Å². The standard InChI is InChI=1S/C15H15BrClNO/c1-9(2)12-5-4-10(3)6-14(12)19-15-13(17)7-11(16)8-18-15/h4-9H,1-3H3. The molecule has 0 amide bonds. The molecule has 0 N–H and O–H groups in total. The molecule has 4 heteroatoms. The molecular formula is C15H15BrClNO. The first kappa shape index (κ1) is 14.4. The molecule has 0 bridgehead atoms. The summed E-state index contributed by atoms with van der Waals surface area (Å²) in [6.45, 7) is 6.30. The fourth-order valence-corrected chi connectivity index (χ4v) is 2.46. The lowest BCUT2D eigenvalue weighted by atomic mass is 10.0. The molecular weight excluding hydrogens is 326 g/mol. The van der Waals surface area contributed by atoms with E-state index in [-0.39, 0.29) is 0 Å². The van der Waals surface area contributed by atoms with Crippen molar-refractivity contribution in [1.29, 1.82) is 0 Å². The number of pyridine rings is 1. The maximum absolute atomic E-state index is 6.13. The zero-order chi connectivity index (χ0) is 14.0. The van der Waals surface area contributed by atoms with Crippen LogP contribution in [-0.4, -0.2) is 4.98 Å². The van der Waals surface area contributed by atoms with E-state index in [0.717, 1.165) is 21.3 Å². The summed E-state index contributed by atoms with van der Waals surface area (Å²) in [6.07, 6.45) is 1.67. The Hall–Kier alpha value is -1.06. The molecule has 100 valence electrons. The van der Waals surface area contributed by atoms with Gasteiger partial charge in [-0.3, -0.25) is 0 Å². The van der Waals surface area contributed by atoms with E-state index in [9.17, 15) is 0 Å².